The SMILES string of the molecule is CN1CCC(N2CCC(CNC(=O)c3nccn3C)CC2)CC1. The fraction of sp³-hybridized carbons (Fsp3) is 0.765. The summed E-state index contributed by atoms with van der Waals surface area (Å²) in [5.41, 5.74) is 0. The molecule has 0 radical (unpaired) electrons. The lowest BCUT2D eigenvalue weighted by Gasteiger charge is -2.41. The predicted molar refractivity (Wildman–Crippen MR) is 90.4 cm³/mol. The number of likely N-dealkylation sites (tertiary alicyclic amines) is 2. The Morgan fingerprint density at radius 3 is 2.48 bits per heavy atom. The summed E-state index contributed by atoms with van der Waals surface area (Å²) >= 11 is 0. The van der Waals surface area contributed by atoms with E-state index < -0.39 is 0 Å². The van der Waals surface area contributed by atoms with E-state index in [9.17, 15) is 4.79 Å². The number of hydrogen-bond donors (Lipinski definition) is 1. The molecule has 1 amide bonds. The number of aromatic nitrogens is 2. The van der Waals surface area contributed by atoms with Gasteiger partial charge >= 0.3 is 0 Å². The molecule has 1 N–H and O–H groups in total. The number of rotatable bonds is 4. The monoisotopic (exact) mass is 319 g/mol. The average Bonchev–Trinajstić information content (AvgIpc) is 3.00. The summed E-state index contributed by atoms with van der Waals surface area (Å²) in [5.74, 6) is 1.03. The molecule has 1 aromatic rings. The van der Waals surface area contributed by atoms with Crippen LogP contribution in [0.5, 0.6) is 0 Å². The smallest absolute Gasteiger partial charge is 0.287 e. The molecule has 1 aromatic heterocycles. The molecule has 6 heteroatoms. The molecule has 0 spiro atoms. The fourth-order valence-electron chi connectivity index (χ4n) is 3.78. The van der Waals surface area contributed by atoms with Crippen molar-refractivity contribution in [1.29, 1.82) is 0 Å². The van der Waals surface area contributed by atoms with Gasteiger partial charge in [-0.05, 0) is 64.8 Å². The third kappa shape index (κ3) is 4.12. The van der Waals surface area contributed by atoms with E-state index in [1.54, 1.807) is 17.0 Å². The highest BCUT2D eigenvalue weighted by molar-refractivity contribution is 5.90. The lowest BCUT2D eigenvalue weighted by Crippen LogP contribution is -2.48. The van der Waals surface area contributed by atoms with Gasteiger partial charge in [-0.2, -0.15) is 0 Å². The summed E-state index contributed by atoms with van der Waals surface area (Å²) < 4.78 is 1.76. The fourth-order valence-corrected chi connectivity index (χ4v) is 3.78. The maximum atomic E-state index is 12.1. The molecule has 0 aliphatic carbocycles. The van der Waals surface area contributed by atoms with Gasteiger partial charge in [-0.25, -0.2) is 4.98 Å². The average molecular weight is 319 g/mol. The molecule has 2 fully saturated rings. The molecule has 0 aromatic carbocycles. The van der Waals surface area contributed by atoms with Crippen molar-refractivity contribution in [2.75, 3.05) is 39.8 Å². The standard InChI is InChI=1S/C17H29N5O/c1-20-8-5-15(6-9-20)22-10-3-14(4-11-22)13-19-17(23)16-18-7-12-21(16)2/h7,12,14-15H,3-6,8-11,13H2,1-2H3,(H,19,23). The summed E-state index contributed by atoms with van der Waals surface area (Å²) in [6, 6.07) is 0.773. The van der Waals surface area contributed by atoms with Crippen molar-refractivity contribution in [3.05, 3.63) is 18.2 Å². The molecule has 2 saturated heterocycles. The number of carbonyl (C=O) groups excluding carboxylic acids is 1. The quantitative estimate of drug-likeness (QED) is 0.898. The van der Waals surface area contributed by atoms with Gasteiger partial charge in [0.1, 0.15) is 0 Å². The maximum Gasteiger partial charge on any atom is 0.287 e. The summed E-state index contributed by atoms with van der Waals surface area (Å²) in [6.45, 7) is 5.58. The molecular formula is C17H29N5O. The number of imidazole rings is 1. The van der Waals surface area contributed by atoms with Gasteiger partial charge < -0.3 is 19.7 Å². The number of carbonyl (C=O) groups is 1. The van der Waals surface area contributed by atoms with E-state index in [0.717, 1.165) is 12.6 Å². The molecule has 6 nitrogen and oxygen atoms in total. The van der Waals surface area contributed by atoms with Gasteiger partial charge in [0.05, 0.1) is 0 Å². The molecular weight excluding hydrogens is 290 g/mol. The van der Waals surface area contributed by atoms with E-state index >= 15 is 0 Å². The molecule has 3 rings (SSSR count). The largest absolute Gasteiger partial charge is 0.349 e. The van der Waals surface area contributed by atoms with Gasteiger partial charge in [-0.1, -0.05) is 0 Å². The Morgan fingerprint density at radius 2 is 1.87 bits per heavy atom. The Balaban J connectivity index is 1.39. The molecule has 0 saturated carbocycles. The number of piperidine rings is 2. The van der Waals surface area contributed by atoms with E-state index in [1.165, 1.54) is 51.9 Å². The zero-order valence-corrected chi connectivity index (χ0v) is 14.4. The van der Waals surface area contributed by atoms with Crippen LogP contribution in [-0.4, -0.2) is 71.1 Å². The van der Waals surface area contributed by atoms with Crippen LogP contribution >= 0.6 is 0 Å². The highest BCUT2D eigenvalue weighted by Crippen LogP contribution is 2.23. The number of nitrogens with zero attached hydrogens (tertiary/aromatic N) is 4. The van der Waals surface area contributed by atoms with E-state index in [4.69, 9.17) is 0 Å². The first-order valence-electron chi connectivity index (χ1n) is 8.81. The minimum atomic E-state index is -0.0600. The summed E-state index contributed by atoms with van der Waals surface area (Å²) in [6.07, 6.45) is 8.44. The van der Waals surface area contributed by atoms with Crippen molar-refractivity contribution in [2.45, 2.75) is 31.7 Å². The molecule has 3 heterocycles. The normalized spacial score (nSPS) is 22.3. The van der Waals surface area contributed by atoms with Gasteiger partial charge in [-0.15, -0.1) is 0 Å². The second kappa shape index (κ2) is 7.45. The first-order valence-corrected chi connectivity index (χ1v) is 8.81. The second-order valence-electron chi connectivity index (χ2n) is 7.09. The van der Waals surface area contributed by atoms with Crippen molar-refractivity contribution < 1.29 is 4.79 Å². The summed E-state index contributed by atoms with van der Waals surface area (Å²) in [5, 5.41) is 3.05. The zero-order chi connectivity index (χ0) is 16.2. The molecule has 0 unspecified atom stereocenters. The van der Waals surface area contributed by atoms with E-state index in [2.05, 4.69) is 27.1 Å². The third-order valence-corrected chi connectivity index (χ3v) is 5.43. The molecule has 2 aliphatic heterocycles. The van der Waals surface area contributed by atoms with Crippen LogP contribution in [0.3, 0.4) is 0 Å². The number of amides is 1. The van der Waals surface area contributed by atoms with Crippen LogP contribution in [0.1, 0.15) is 36.3 Å². The van der Waals surface area contributed by atoms with Crippen LogP contribution in [0, 0.1) is 5.92 Å². The van der Waals surface area contributed by atoms with Gasteiger partial charge in [0, 0.05) is 32.0 Å². The van der Waals surface area contributed by atoms with Crippen molar-refractivity contribution >= 4 is 5.91 Å². The highest BCUT2D eigenvalue weighted by atomic mass is 16.2. The topological polar surface area (TPSA) is 53.4 Å². The lowest BCUT2D eigenvalue weighted by atomic mass is 9.93. The predicted octanol–water partition coefficient (Wildman–Crippen LogP) is 0.956. The first-order chi connectivity index (χ1) is 11.1. The summed E-state index contributed by atoms with van der Waals surface area (Å²) in [7, 11) is 4.06. The minimum Gasteiger partial charge on any atom is -0.349 e. The van der Waals surface area contributed by atoms with Crippen LogP contribution in [-0.2, 0) is 7.05 Å². The molecule has 2 aliphatic rings. The number of hydrogen-bond acceptors (Lipinski definition) is 4. The van der Waals surface area contributed by atoms with Crippen molar-refractivity contribution in [2.24, 2.45) is 13.0 Å². The molecule has 0 atom stereocenters. The number of nitrogens with one attached hydrogen (secondary N) is 1. The van der Waals surface area contributed by atoms with Crippen LogP contribution in [0.4, 0.5) is 0 Å². The Bertz CT molecular complexity index is 513. The molecule has 23 heavy (non-hydrogen) atoms. The zero-order valence-electron chi connectivity index (χ0n) is 14.4. The Kier molecular flexibility index (Phi) is 5.33. The third-order valence-electron chi connectivity index (χ3n) is 5.43. The van der Waals surface area contributed by atoms with Crippen molar-refractivity contribution in [1.82, 2.24) is 24.7 Å². The molecule has 0 bridgehead atoms. The lowest BCUT2D eigenvalue weighted by molar-refractivity contribution is 0.0809. The Labute approximate surface area is 138 Å². The van der Waals surface area contributed by atoms with Gasteiger partial charge in [0.25, 0.3) is 5.91 Å². The Hall–Kier alpha value is -1.40. The first kappa shape index (κ1) is 16.5. The van der Waals surface area contributed by atoms with Crippen LogP contribution in [0.2, 0.25) is 0 Å². The Morgan fingerprint density at radius 1 is 1.17 bits per heavy atom. The van der Waals surface area contributed by atoms with E-state index in [0.29, 0.717) is 11.7 Å². The van der Waals surface area contributed by atoms with Gasteiger partial charge in [-0.3, -0.25) is 4.79 Å². The highest BCUT2D eigenvalue weighted by Gasteiger charge is 2.27. The van der Waals surface area contributed by atoms with E-state index in [1.807, 2.05) is 7.05 Å². The molecule has 128 valence electrons. The van der Waals surface area contributed by atoms with Crippen LogP contribution in [0.25, 0.3) is 0 Å². The minimum absolute atomic E-state index is 0.0600. The summed E-state index contributed by atoms with van der Waals surface area (Å²) in [4.78, 5) is 21.3. The maximum absolute atomic E-state index is 12.1. The van der Waals surface area contributed by atoms with Crippen LogP contribution < -0.4 is 5.32 Å². The second-order valence-corrected chi connectivity index (χ2v) is 7.09. The van der Waals surface area contributed by atoms with Gasteiger partial charge in [0.15, 0.2) is 5.82 Å². The van der Waals surface area contributed by atoms with Crippen molar-refractivity contribution in [3.8, 4) is 0 Å². The van der Waals surface area contributed by atoms with E-state index in [-0.39, 0.29) is 5.91 Å². The van der Waals surface area contributed by atoms with Gasteiger partial charge in [0.2, 0.25) is 0 Å². The number of aryl methyl sites for hydroxylation is 1. The van der Waals surface area contributed by atoms with Crippen molar-refractivity contribution in [3.63, 3.8) is 0 Å². The van der Waals surface area contributed by atoms with Crippen LogP contribution in [0.15, 0.2) is 12.4 Å².